The Morgan fingerprint density at radius 2 is 2.04 bits per heavy atom. The van der Waals surface area contributed by atoms with Gasteiger partial charge in [-0.2, -0.15) is 13.2 Å². The van der Waals surface area contributed by atoms with Gasteiger partial charge >= 0.3 is 6.18 Å². The first-order valence-corrected chi connectivity index (χ1v) is 6.55. The van der Waals surface area contributed by atoms with Gasteiger partial charge in [-0.05, 0) is 30.7 Å². The SMILES string of the molecule is Cc1cccc(OCC(=O)Nc2cc(C(F)(F)F)c[nH]c2=O)c1. The van der Waals surface area contributed by atoms with Crippen LogP contribution in [-0.4, -0.2) is 17.5 Å². The van der Waals surface area contributed by atoms with Crippen molar-refractivity contribution in [1.29, 1.82) is 0 Å². The number of carbonyl (C=O) groups is 1. The number of halogens is 3. The Morgan fingerprint density at radius 3 is 2.70 bits per heavy atom. The Morgan fingerprint density at radius 1 is 1.30 bits per heavy atom. The van der Waals surface area contributed by atoms with Gasteiger partial charge in [0.25, 0.3) is 11.5 Å². The lowest BCUT2D eigenvalue weighted by Crippen LogP contribution is -2.25. The molecule has 0 radical (unpaired) electrons. The average molecular weight is 326 g/mol. The van der Waals surface area contributed by atoms with Crippen LogP contribution in [0, 0.1) is 6.92 Å². The number of hydrogen-bond donors (Lipinski definition) is 2. The number of aromatic nitrogens is 1. The van der Waals surface area contributed by atoms with E-state index in [2.05, 4.69) is 5.32 Å². The molecule has 2 rings (SSSR count). The molecule has 1 heterocycles. The maximum absolute atomic E-state index is 12.6. The van der Waals surface area contributed by atoms with Gasteiger partial charge in [0, 0.05) is 6.20 Å². The first-order chi connectivity index (χ1) is 10.8. The summed E-state index contributed by atoms with van der Waals surface area (Å²) in [6.07, 6.45) is -4.08. The number of nitrogens with one attached hydrogen (secondary N) is 2. The number of hydrogen-bond acceptors (Lipinski definition) is 3. The number of aromatic amines is 1. The first kappa shape index (κ1) is 16.6. The Kier molecular flexibility index (Phi) is 4.73. The number of benzene rings is 1. The van der Waals surface area contributed by atoms with Crippen LogP contribution in [0.4, 0.5) is 18.9 Å². The number of anilines is 1. The molecule has 0 bridgehead atoms. The summed E-state index contributed by atoms with van der Waals surface area (Å²) in [5.41, 5.74) is -1.45. The molecule has 1 aromatic heterocycles. The number of amides is 1. The molecule has 0 aliphatic carbocycles. The van der Waals surface area contributed by atoms with E-state index in [9.17, 15) is 22.8 Å². The zero-order valence-electron chi connectivity index (χ0n) is 12.0. The molecule has 1 amide bonds. The van der Waals surface area contributed by atoms with E-state index >= 15 is 0 Å². The van der Waals surface area contributed by atoms with E-state index in [-0.39, 0.29) is 0 Å². The van der Waals surface area contributed by atoms with Crippen LogP contribution in [-0.2, 0) is 11.0 Å². The number of rotatable bonds is 4. The summed E-state index contributed by atoms with van der Waals surface area (Å²) in [4.78, 5) is 25.1. The van der Waals surface area contributed by atoms with Gasteiger partial charge in [0.15, 0.2) is 6.61 Å². The van der Waals surface area contributed by atoms with Gasteiger partial charge in [-0.25, -0.2) is 0 Å². The fourth-order valence-electron chi connectivity index (χ4n) is 1.78. The third-order valence-electron chi connectivity index (χ3n) is 2.86. The standard InChI is InChI=1S/C15H13F3N2O3/c1-9-3-2-4-11(5-9)23-8-13(21)20-12-6-10(15(16,17)18)7-19-14(12)22/h2-7H,8H2,1H3,(H,19,22)(H,20,21). The summed E-state index contributed by atoms with van der Waals surface area (Å²) in [6, 6.07) is 7.49. The fraction of sp³-hybridized carbons (Fsp3) is 0.200. The van der Waals surface area contributed by atoms with Gasteiger partial charge in [0.1, 0.15) is 11.4 Å². The van der Waals surface area contributed by atoms with Crippen LogP contribution in [0.1, 0.15) is 11.1 Å². The van der Waals surface area contributed by atoms with E-state index in [1.807, 2.05) is 18.0 Å². The molecular formula is C15H13F3N2O3. The molecule has 0 spiro atoms. The number of H-pyrrole nitrogens is 1. The normalized spacial score (nSPS) is 11.1. The Labute approximate surface area is 129 Å². The smallest absolute Gasteiger partial charge is 0.417 e. The van der Waals surface area contributed by atoms with Gasteiger partial charge < -0.3 is 15.0 Å². The molecule has 0 aliphatic heterocycles. The number of ether oxygens (including phenoxy) is 1. The van der Waals surface area contributed by atoms with Crippen LogP contribution in [0.2, 0.25) is 0 Å². The second kappa shape index (κ2) is 6.55. The second-order valence-corrected chi connectivity index (χ2v) is 4.78. The molecule has 5 nitrogen and oxygen atoms in total. The van der Waals surface area contributed by atoms with Crippen LogP contribution in [0.5, 0.6) is 5.75 Å². The van der Waals surface area contributed by atoms with Crippen molar-refractivity contribution in [1.82, 2.24) is 4.98 Å². The molecule has 1 aromatic carbocycles. The highest BCUT2D eigenvalue weighted by atomic mass is 19.4. The molecule has 122 valence electrons. The summed E-state index contributed by atoms with van der Waals surface area (Å²) < 4.78 is 43.0. The van der Waals surface area contributed by atoms with Gasteiger partial charge in [-0.3, -0.25) is 9.59 Å². The molecule has 0 fully saturated rings. The van der Waals surface area contributed by atoms with Crippen molar-refractivity contribution < 1.29 is 22.7 Å². The molecule has 2 N–H and O–H groups in total. The van der Waals surface area contributed by atoms with Crippen molar-refractivity contribution in [2.24, 2.45) is 0 Å². The summed E-state index contributed by atoms with van der Waals surface area (Å²) in [7, 11) is 0. The van der Waals surface area contributed by atoms with Crippen molar-refractivity contribution in [3.05, 3.63) is 58.0 Å². The van der Waals surface area contributed by atoms with E-state index in [1.165, 1.54) is 0 Å². The minimum Gasteiger partial charge on any atom is -0.484 e. The average Bonchev–Trinajstić information content (AvgIpc) is 2.46. The van der Waals surface area contributed by atoms with E-state index in [0.29, 0.717) is 18.0 Å². The Bertz CT molecular complexity index is 769. The molecule has 0 saturated heterocycles. The van der Waals surface area contributed by atoms with E-state index in [0.717, 1.165) is 5.56 Å². The lowest BCUT2D eigenvalue weighted by Gasteiger charge is -2.10. The lowest BCUT2D eigenvalue weighted by atomic mass is 10.2. The molecule has 23 heavy (non-hydrogen) atoms. The first-order valence-electron chi connectivity index (χ1n) is 6.55. The molecule has 0 unspecified atom stereocenters. The molecular weight excluding hydrogens is 313 g/mol. The van der Waals surface area contributed by atoms with Gasteiger partial charge in [0.05, 0.1) is 5.56 Å². The third-order valence-corrected chi connectivity index (χ3v) is 2.86. The van der Waals surface area contributed by atoms with E-state index in [4.69, 9.17) is 4.74 Å². The highest BCUT2D eigenvalue weighted by molar-refractivity contribution is 5.91. The predicted molar refractivity (Wildman–Crippen MR) is 77.4 cm³/mol. The number of alkyl halides is 3. The molecule has 2 aromatic rings. The number of pyridine rings is 1. The second-order valence-electron chi connectivity index (χ2n) is 4.78. The van der Waals surface area contributed by atoms with Crippen molar-refractivity contribution in [3.63, 3.8) is 0 Å². The Balaban J connectivity index is 2.04. The number of carbonyl (C=O) groups excluding carboxylic acids is 1. The molecule has 0 aliphatic rings. The van der Waals surface area contributed by atoms with E-state index < -0.39 is 35.5 Å². The molecule has 0 saturated carbocycles. The van der Waals surface area contributed by atoms with Crippen molar-refractivity contribution >= 4 is 11.6 Å². The summed E-state index contributed by atoms with van der Waals surface area (Å²) in [6.45, 7) is 1.41. The lowest BCUT2D eigenvalue weighted by molar-refractivity contribution is -0.137. The van der Waals surface area contributed by atoms with Crippen LogP contribution in [0.3, 0.4) is 0 Å². The van der Waals surface area contributed by atoms with Crippen molar-refractivity contribution in [2.75, 3.05) is 11.9 Å². The largest absolute Gasteiger partial charge is 0.484 e. The Hall–Kier alpha value is -2.77. The van der Waals surface area contributed by atoms with Crippen LogP contribution >= 0.6 is 0 Å². The summed E-state index contributed by atoms with van der Waals surface area (Å²) in [5.74, 6) is -0.297. The minimum absolute atomic E-state index is 0.431. The van der Waals surface area contributed by atoms with Gasteiger partial charge in [0.2, 0.25) is 0 Å². The van der Waals surface area contributed by atoms with E-state index in [1.54, 1.807) is 18.2 Å². The monoisotopic (exact) mass is 326 g/mol. The quantitative estimate of drug-likeness (QED) is 0.907. The van der Waals surface area contributed by atoms with Crippen LogP contribution in [0.25, 0.3) is 0 Å². The zero-order valence-corrected chi connectivity index (χ0v) is 12.0. The summed E-state index contributed by atoms with van der Waals surface area (Å²) >= 11 is 0. The van der Waals surface area contributed by atoms with Gasteiger partial charge in [-0.15, -0.1) is 0 Å². The van der Waals surface area contributed by atoms with Gasteiger partial charge in [-0.1, -0.05) is 12.1 Å². The predicted octanol–water partition coefficient (Wildman–Crippen LogP) is 2.72. The van der Waals surface area contributed by atoms with Crippen molar-refractivity contribution in [2.45, 2.75) is 13.1 Å². The zero-order chi connectivity index (χ0) is 17.0. The van der Waals surface area contributed by atoms with Crippen LogP contribution < -0.4 is 15.6 Å². The highest BCUT2D eigenvalue weighted by Gasteiger charge is 2.31. The molecule has 8 heteroatoms. The molecule has 0 atom stereocenters. The maximum Gasteiger partial charge on any atom is 0.417 e. The minimum atomic E-state index is -4.62. The highest BCUT2D eigenvalue weighted by Crippen LogP contribution is 2.29. The van der Waals surface area contributed by atoms with Crippen LogP contribution in [0.15, 0.2) is 41.3 Å². The third kappa shape index (κ3) is 4.60. The maximum atomic E-state index is 12.6. The topological polar surface area (TPSA) is 71.2 Å². The van der Waals surface area contributed by atoms with Crippen molar-refractivity contribution in [3.8, 4) is 5.75 Å². The fourth-order valence-corrected chi connectivity index (χ4v) is 1.78. The number of aryl methyl sites for hydroxylation is 1. The summed E-state index contributed by atoms with van der Waals surface area (Å²) in [5, 5.41) is 2.10.